The van der Waals surface area contributed by atoms with Gasteiger partial charge in [0, 0.05) is 27.3 Å². The standard InChI is InChI=1S/2C17H15P.2C2H4OS.Fe.Pd/c2*1-3-9-15(10-4-1)18(17-13-7-8-14-17)16-11-5-2-6-12-16;2*1-2(3)4;;/h2*1-14,18H;2*1H3,(H,3,4);;/q;-4;;;;+2/p-2. The van der Waals surface area contributed by atoms with Crippen LogP contribution >= 0.6 is 15.1 Å². The van der Waals surface area contributed by atoms with Gasteiger partial charge in [0.25, 0.3) is 0 Å². The quantitative estimate of drug-likeness (QED) is 0.107. The molecule has 0 bridgehead atoms. The molecule has 1 saturated carbocycles. The molecule has 0 aromatic heterocycles. The van der Waals surface area contributed by atoms with Crippen molar-refractivity contribution < 1.29 is 47.1 Å². The minimum absolute atomic E-state index is 0. The Labute approximate surface area is 312 Å². The zero-order valence-electron chi connectivity index (χ0n) is 25.5. The van der Waals surface area contributed by atoms with Gasteiger partial charge in [-0.3, -0.25) is 0 Å². The van der Waals surface area contributed by atoms with Gasteiger partial charge in [-0.15, -0.1) is 7.55 Å². The Hall–Kier alpha value is -2.08. The van der Waals surface area contributed by atoms with Crippen molar-refractivity contribution in [1.82, 2.24) is 0 Å². The molecule has 2 aliphatic rings. The summed E-state index contributed by atoms with van der Waals surface area (Å²) in [6, 6.07) is 43.3. The van der Waals surface area contributed by atoms with E-state index in [0.717, 1.165) is 0 Å². The first-order valence-electron chi connectivity index (χ1n) is 14.1. The Morgan fingerprint density at radius 2 is 0.783 bits per heavy atom. The molecule has 0 heterocycles. The molecular formula is C38H36FeO2P2PdS2-4. The fraction of sp³-hybridized carbons (Fsp3) is 0.0526. The zero-order chi connectivity index (χ0) is 31.6. The normalized spacial score (nSPS) is 12.3. The molecular weight excluding hydrogens is 777 g/mol. The minimum atomic E-state index is -0.834. The minimum Gasteiger partial charge on any atom is -0.742 e. The van der Waals surface area contributed by atoms with E-state index in [4.69, 9.17) is 0 Å². The fourth-order valence-electron chi connectivity index (χ4n) is 4.50. The molecule has 0 aliphatic heterocycles. The van der Waals surface area contributed by atoms with Gasteiger partial charge >= 0.3 is 20.4 Å². The third kappa shape index (κ3) is 15.2. The predicted octanol–water partition coefficient (Wildman–Crippen LogP) is 6.16. The van der Waals surface area contributed by atoms with Crippen molar-refractivity contribution >= 4 is 82.4 Å². The smallest absolute Gasteiger partial charge is 0.742 e. The van der Waals surface area contributed by atoms with Crippen molar-refractivity contribution in [3.8, 4) is 0 Å². The van der Waals surface area contributed by atoms with Gasteiger partial charge in [0.05, 0.1) is 0 Å². The Morgan fingerprint density at radius 1 is 0.522 bits per heavy atom. The Morgan fingerprint density at radius 3 is 1.07 bits per heavy atom. The molecule has 0 N–H and O–H groups in total. The van der Waals surface area contributed by atoms with E-state index < -0.39 is 15.1 Å². The van der Waals surface area contributed by atoms with Crippen LogP contribution < -0.4 is 21.2 Å². The van der Waals surface area contributed by atoms with Crippen LogP contribution in [0.5, 0.6) is 0 Å². The summed E-state index contributed by atoms with van der Waals surface area (Å²) in [6.07, 6.45) is 17.5. The molecule has 0 spiro atoms. The van der Waals surface area contributed by atoms with Gasteiger partial charge in [-0.2, -0.15) is 0 Å². The van der Waals surface area contributed by atoms with Crippen LogP contribution in [-0.2, 0) is 72.3 Å². The van der Waals surface area contributed by atoms with E-state index in [9.17, 15) is 9.59 Å². The third-order valence-corrected chi connectivity index (χ3v) is 11.6. The van der Waals surface area contributed by atoms with Crippen LogP contribution in [-0.4, -0.2) is 20.8 Å². The van der Waals surface area contributed by atoms with E-state index in [1.54, 1.807) is 0 Å². The Kier molecular flexibility index (Phi) is 22.0. The second-order valence-corrected chi connectivity index (χ2v) is 15.7. The summed E-state index contributed by atoms with van der Waals surface area (Å²) in [7, 11) is -1.67. The maximum Gasteiger partial charge on any atom is 2.00 e. The molecule has 0 atom stereocenters. The molecule has 2 nitrogen and oxygen atoms in total. The van der Waals surface area contributed by atoms with Crippen molar-refractivity contribution in [3.05, 3.63) is 171 Å². The van der Waals surface area contributed by atoms with Crippen LogP contribution in [0.4, 0.5) is 0 Å². The van der Waals surface area contributed by atoms with Gasteiger partial charge in [-0.05, 0) is 40.4 Å². The molecule has 8 heteroatoms. The van der Waals surface area contributed by atoms with Gasteiger partial charge in [0.1, 0.15) is 0 Å². The van der Waals surface area contributed by atoms with E-state index >= 15 is 0 Å². The number of carbonyl (C=O) groups is 2. The van der Waals surface area contributed by atoms with Crippen molar-refractivity contribution in [3.63, 3.8) is 0 Å². The third-order valence-electron chi connectivity index (χ3n) is 6.15. The van der Waals surface area contributed by atoms with Crippen molar-refractivity contribution in [1.29, 1.82) is 0 Å². The summed E-state index contributed by atoms with van der Waals surface area (Å²) >= 11 is 7.96. The molecule has 0 saturated heterocycles. The summed E-state index contributed by atoms with van der Waals surface area (Å²) in [5.41, 5.74) is 0. The van der Waals surface area contributed by atoms with Crippen LogP contribution in [0, 0.1) is 25.7 Å². The molecule has 4 aromatic carbocycles. The molecule has 0 radical (unpaired) electrons. The van der Waals surface area contributed by atoms with Gasteiger partial charge in [0.15, 0.2) is 0 Å². The Balaban J connectivity index is 0.000000361. The van der Waals surface area contributed by atoms with Crippen LogP contribution in [0.15, 0.2) is 146 Å². The first-order valence-corrected chi connectivity index (χ1v) is 17.9. The number of allylic oxidation sites excluding steroid dienone is 4. The first kappa shape index (κ1) is 41.9. The van der Waals surface area contributed by atoms with Crippen LogP contribution in [0.1, 0.15) is 13.8 Å². The van der Waals surface area contributed by atoms with E-state index in [0.29, 0.717) is 0 Å². The molecule has 1 fully saturated rings. The van der Waals surface area contributed by atoms with Crippen molar-refractivity contribution in [2.45, 2.75) is 13.8 Å². The molecule has 4 aromatic rings. The van der Waals surface area contributed by atoms with Gasteiger partial charge in [-0.25, -0.2) is 0 Å². The summed E-state index contributed by atoms with van der Waals surface area (Å²) in [5.74, 6) is 0. The molecule has 6 rings (SSSR count). The summed E-state index contributed by atoms with van der Waals surface area (Å²) in [4.78, 5) is 18.5. The van der Waals surface area contributed by atoms with E-state index in [1.165, 1.54) is 45.7 Å². The topological polar surface area (TPSA) is 34.1 Å². The second-order valence-electron chi connectivity index (χ2n) is 9.54. The summed E-state index contributed by atoms with van der Waals surface area (Å²) in [6.45, 7) is 2.69. The van der Waals surface area contributed by atoms with Crippen LogP contribution in [0.25, 0.3) is 0 Å². The number of carbonyl (C=O) groups excluding carboxylic acids is 2. The second kappa shape index (κ2) is 24.1. The monoisotopic (exact) mass is 812 g/mol. The van der Waals surface area contributed by atoms with Gasteiger partial charge in [-0.1, -0.05) is 153 Å². The average Bonchev–Trinajstić information content (AvgIpc) is 3.75. The Bertz CT molecular complexity index is 1490. The van der Waals surface area contributed by atoms with Crippen LogP contribution in [0.3, 0.4) is 0 Å². The number of rotatable bonds is 4. The zero-order valence-corrected chi connectivity index (χ0v) is 31.8. The first-order chi connectivity index (χ1) is 21.4. The molecule has 2 aliphatic carbocycles. The van der Waals surface area contributed by atoms with E-state index in [1.807, 2.05) is 0 Å². The molecule has 244 valence electrons. The average molecular weight is 813 g/mol. The van der Waals surface area contributed by atoms with Gasteiger partial charge in [0.2, 0.25) is 0 Å². The number of benzene rings is 4. The van der Waals surface area contributed by atoms with Crippen molar-refractivity contribution in [2.75, 3.05) is 0 Å². The number of hydrogen-bond donors (Lipinski definition) is 0. The van der Waals surface area contributed by atoms with Crippen LogP contribution in [0.2, 0.25) is 0 Å². The maximum absolute atomic E-state index is 9.26. The van der Waals surface area contributed by atoms with E-state index in [2.05, 4.69) is 197 Å². The molecule has 0 amide bonds. The predicted molar refractivity (Wildman–Crippen MR) is 203 cm³/mol. The fourth-order valence-corrected chi connectivity index (χ4v) is 9.66. The summed E-state index contributed by atoms with van der Waals surface area (Å²) < 4.78 is 0. The number of hydrogen-bond acceptors (Lipinski definition) is 4. The van der Waals surface area contributed by atoms with Gasteiger partial charge < -0.3 is 65.8 Å². The van der Waals surface area contributed by atoms with Crippen molar-refractivity contribution in [2.24, 2.45) is 0 Å². The summed E-state index contributed by atoms with van der Waals surface area (Å²) in [5, 5.41) is 8.19. The maximum atomic E-state index is 9.26. The largest absolute Gasteiger partial charge is 2.00 e. The molecule has 46 heavy (non-hydrogen) atoms. The molecule has 0 unspecified atom stereocenters. The SMILES string of the molecule is C1=CC(=[PH](c2ccccc2)c2ccccc2)C=C1.CC(=O)[S-].CC(=O)[S-].[Fe].[Pd+2].c1ccc([PH](=C2[CH-][CH-][CH-][CH-]2)c2ccccc2)cc1. The van der Waals surface area contributed by atoms with E-state index in [-0.39, 0.29) is 47.7 Å².